The van der Waals surface area contributed by atoms with E-state index < -0.39 is 10.9 Å². The lowest BCUT2D eigenvalue weighted by molar-refractivity contribution is -0.384. The molecule has 1 saturated heterocycles. The fraction of sp³-hybridized carbons (Fsp3) is 0.0870. The minimum absolute atomic E-state index is 0.0714. The summed E-state index contributed by atoms with van der Waals surface area (Å²) in [5, 5.41) is 20.8. The van der Waals surface area contributed by atoms with Crippen molar-refractivity contribution >= 4 is 46.3 Å². The van der Waals surface area contributed by atoms with Crippen LogP contribution < -0.4 is 0 Å². The topological polar surface area (TPSA) is 126 Å². The largest absolute Gasteiger partial charge is 0.478 e. The van der Waals surface area contributed by atoms with Crippen LogP contribution in [-0.4, -0.2) is 38.5 Å². The first kappa shape index (κ1) is 22.0. The highest BCUT2D eigenvalue weighted by atomic mass is 32.2. The van der Waals surface area contributed by atoms with E-state index >= 15 is 0 Å². The number of rotatable bonds is 6. The molecule has 0 spiro atoms. The van der Waals surface area contributed by atoms with Crippen LogP contribution in [0.4, 0.5) is 11.4 Å². The minimum atomic E-state index is -1.03. The van der Waals surface area contributed by atoms with Gasteiger partial charge in [-0.05, 0) is 61.2 Å². The van der Waals surface area contributed by atoms with Gasteiger partial charge >= 0.3 is 5.97 Å². The van der Waals surface area contributed by atoms with Gasteiger partial charge in [0.25, 0.3) is 11.6 Å². The molecule has 3 aromatic rings. The Hall–Kier alpha value is -4.18. The van der Waals surface area contributed by atoms with E-state index in [-0.39, 0.29) is 17.2 Å². The van der Waals surface area contributed by atoms with Gasteiger partial charge in [-0.2, -0.15) is 0 Å². The second-order valence-electron chi connectivity index (χ2n) is 6.88. The zero-order valence-electron chi connectivity index (χ0n) is 17.3. The van der Waals surface area contributed by atoms with E-state index in [2.05, 4.69) is 4.99 Å². The Morgan fingerprint density at radius 3 is 2.58 bits per heavy atom. The quantitative estimate of drug-likeness (QED) is 0.303. The van der Waals surface area contributed by atoms with Crippen molar-refractivity contribution in [1.29, 1.82) is 0 Å². The zero-order chi connectivity index (χ0) is 23.5. The van der Waals surface area contributed by atoms with Gasteiger partial charge in [0, 0.05) is 18.7 Å². The molecule has 1 aliphatic heterocycles. The van der Waals surface area contributed by atoms with Gasteiger partial charge in [-0.3, -0.25) is 19.8 Å². The molecule has 1 aromatic heterocycles. The monoisotopic (exact) mass is 463 g/mol. The maximum absolute atomic E-state index is 12.9. The number of furan rings is 1. The number of amidine groups is 1. The summed E-state index contributed by atoms with van der Waals surface area (Å²) in [6, 6.07) is 15.6. The Labute approximate surface area is 192 Å². The Kier molecular flexibility index (Phi) is 6.09. The van der Waals surface area contributed by atoms with Crippen LogP contribution in [0.2, 0.25) is 0 Å². The molecule has 0 bridgehead atoms. The molecule has 0 atom stereocenters. The van der Waals surface area contributed by atoms with Gasteiger partial charge < -0.3 is 9.52 Å². The molecule has 2 aromatic carbocycles. The number of hydrogen-bond acceptors (Lipinski definition) is 7. The fourth-order valence-electron chi connectivity index (χ4n) is 3.20. The van der Waals surface area contributed by atoms with Crippen molar-refractivity contribution < 1.29 is 24.0 Å². The number of amides is 1. The number of benzene rings is 2. The average molecular weight is 463 g/mol. The van der Waals surface area contributed by atoms with Crippen molar-refractivity contribution in [3.05, 3.63) is 87.0 Å². The maximum Gasteiger partial charge on any atom is 0.335 e. The zero-order valence-corrected chi connectivity index (χ0v) is 18.1. The number of nitrogens with zero attached hydrogens (tertiary/aromatic N) is 3. The third-order valence-corrected chi connectivity index (χ3v) is 5.82. The van der Waals surface area contributed by atoms with E-state index in [1.807, 2.05) is 6.92 Å². The van der Waals surface area contributed by atoms with Crippen molar-refractivity contribution in [2.24, 2.45) is 4.99 Å². The van der Waals surface area contributed by atoms with Crippen molar-refractivity contribution in [3.8, 4) is 11.3 Å². The van der Waals surface area contributed by atoms with Crippen molar-refractivity contribution in [1.82, 2.24) is 4.90 Å². The smallest absolute Gasteiger partial charge is 0.335 e. The summed E-state index contributed by atoms with van der Waals surface area (Å²) in [4.78, 5) is 41.1. The predicted octanol–water partition coefficient (Wildman–Crippen LogP) is 5.18. The van der Waals surface area contributed by atoms with Crippen LogP contribution in [-0.2, 0) is 4.79 Å². The molecule has 0 saturated carbocycles. The number of nitro benzene ring substituents is 1. The van der Waals surface area contributed by atoms with Gasteiger partial charge in [-0.1, -0.05) is 12.1 Å². The van der Waals surface area contributed by atoms with Gasteiger partial charge in [0.1, 0.15) is 11.5 Å². The molecule has 166 valence electrons. The first-order chi connectivity index (χ1) is 15.9. The highest BCUT2D eigenvalue weighted by Crippen LogP contribution is 2.36. The number of nitro groups is 1. The third-order valence-electron chi connectivity index (χ3n) is 4.81. The van der Waals surface area contributed by atoms with Crippen LogP contribution in [0.1, 0.15) is 23.0 Å². The molecule has 10 heteroatoms. The molecule has 1 fully saturated rings. The summed E-state index contributed by atoms with van der Waals surface area (Å²) in [5.41, 5.74) is 0.943. The predicted molar refractivity (Wildman–Crippen MR) is 124 cm³/mol. The molecule has 2 heterocycles. The summed E-state index contributed by atoms with van der Waals surface area (Å²) >= 11 is 1.17. The SMILES string of the molecule is CCN1C(=O)/C(=C\c2ccc(-c3ccccc3[N+](=O)[O-])o2)SC1=Nc1ccc(C(=O)O)cc1. The van der Waals surface area contributed by atoms with Crippen LogP contribution in [0.15, 0.2) is 75.0 Å². The average Bonchev–Trinajstić information content (AvgIpc) is 3.38. The number of carbonyl (C=O) groups is 2. The Balaban J connectivity index is 1.61. The highest BCUT2D eigenvalue weighted by Gasteiger charge is 2.32. The summed E-state index contributed by atoms with van der Waals surface area (Å²) < 4.78 is 5.77. The fourth-order valence-corrected chi connectivity index (χ4v) is 4.25. The molecular formula is C23H17N3O6S. The number of likely N-dealkylation sites (N-methyl/N-ethyl adjacent to an activating group) is 1. The molecule has 1 aliphatic rings. The second-order valence-corrected chi connectivity index (χ2v) is 7.89. The number of aliphatic imine (C=N–C) groups is 1. The van der Waals surface area contributed by atoms with Crippen LogP contribution in [0, 0.1) is 10.1 Å². The number of thioether (sulfide) groups is 1. The van der Waals surface area contributed by atoms with Gasteiger partial charge in [-0.25, -0.2) is 9.79 Å². The molecule has 9 nitrogen and oxygen atoms in total. The van der Waals surface area contributed by atoms with E-state index in [0.717, 1.165) is 0 Å². The second kappa shape index (κ2) is 9.13. The molecular weight excluding hydrogens is 446 g/mol. The van der Waals surface area contributed by atoms with Gasteiger partial charge in [0.2, 0.25) is 0 Å². The number of carbonyl (C=O) groups excluding carboxylic acids is 1. The van der Waals surface area contributed by atoms with E-state index in [1.165, 1.54) is 34.9 Å². The minimum Gasteiger partial charge on any atom is -0.478 e. The van der Waals surface area contributed by atoms with Crippen molar-refractivity contribution in [3.63, 3.8) is 0 Å². The standard InChI is InChI=1S/C23H17N3O6S/c1-2-25-21(27)20(33-23(25)24-15-9-7-14(8-10-15)22(28)29)13-16-11-12-19(32-16)17-5-3-4-6-18(17)26(30)31/h3-13H,2H2,1H3,(H,28,29)/b20-13+,24-23?. The molecule has 1 amide bonds. The van der Waals surface area contributed by atoms with E-state index in [9.17, 15) is 19.7 Å². The van der Waals surface area contributed by atoms with E-state index in [1.54, 1.807) is 48.5 Å². The Bertz CT molecular complexity index is 1310. The molecule has 33 heavy (non-hydrogen) atoms. The first-order valence-corrected chi connectivity index (χ1v) is 10.7. The summed E-state index contributed by atoms with van der Waals surface area (Å²) in [6.07, 6.45) is 1.57. The summed E-state index contributed by atoms with van der Waals surface area (Å²) in [5.74, 6) is -0.572. The number of carboxylic acids is 1. The number of hydrogen-bond donors (Lipinski definition) is 1. The molecule has 1 N–H and O–H groups in total. The lowest BCUT2D eigenvalue weighted by Crippen LogP contribution is -2.28. The van der Waals surface area contributed by atoms with Crippen molar-refractivity contribution in [2.45, 2.75) is 6.92 Å². The Morgan fingerprint density at radius 1 is 1.18 bits per heavy atom. The van der Waals surface area contributed by atoms with Gasteiger partial charge in [0.05, 0.1) is 26.6 Å². The van der Waals surface area contributed by atoms with Crippen LogP contribution in [0.25, 0.3) is 17.4 Å². The maximum atomic E-state index is 12.9. The van der Waals surface area contributed by atoms with Crippen LogP contribution in [0.5, 0.6) is 0 Å². The molecule has 4 rings (SSSR count). The Morgan fingerprint density at radius 2 is 1.91 bits per heavy atom. The van der Waals surface area contributed by atoms with Crippen LogP contribution in [0.3, 0.4) is 0 Å². The van der Waals surface area contributed by atoms with Gasteiger partial charge in [-0.15, -0.1) is 0 Å². The van der Waals surface area contributed by atoms with Gasteiger partial charge in [0.15, 0.2) is 5.17 Å². The summed E-state index contributed by atoms with van der Waals surface area (Å²) in [7, 11) is 0. The van der Waals surface area contributed by atoms with Crippen molar-refractivity contribution in [2.75, 3.05) is 6.54 Å². The number of para-hydroxylation sites is 1. The summed E-state index contributed by atoms with van der Waals surface area (Å²) in [6.45, 7) is 2.22. The lowest BCUT2D eigenvalue weighted by Gasteiger charge is -2.11. The number of aromatic carboxylic acids is 1. The number of carboxylic acid groups (broad SMARTS) is 1. The van der Waals surface area contributed by atoms with E-state index in [4.69, 9.17) is 9.52 Å². The highest BCUT2D eigenvalue weighted by molar-refractivity contribution is 8.18. The van der Waals surface area contributed by atoms with Crippen LogP contribution >= 0.6 is 11.8 Å². The lowest BCUT2D eigenvalue weighted by atomic mass is 10.1. The normalized spacial score (nSPS) is 16.0. The molecule has 0 aliphatic carbocycles. The molecule has 0 radical (unpaired) electrons. The molecule has 0 unspecified atom stereocenters. The first-order valence-electron chi connectivity index (χ1n) is 9.84. The van der Waals surface area contributed by atoms with E-state index in [0.29, 0.717) is 39.4 Å². The third kappa shape index (κ3) is 4.55.